The maximum absolute atomic E-state index is 9.60. The molecule has 0 heterocycles. The van der Waals surface area contributed by atoms with Crippen LogP contribution < -0.4 is 0 Å². The van der Waals surface area contributed by atoms with Crippen molar-refractivity contribution in [3.05, 3.63) is 54.3 Å². The first-order valence-electron chi connectivity index (χ1n) is 4.71. The fourth-order valence-electron chi connectivity index (χ4n) is 0.711. The Labute approximate surface area is 95.7 Å². The van der Waals surface area contributed by atoms with Crippen molar-refractivity contribution in [2.45, 2.75) is 6.92 Å². The molecule has 0 aliphatic rings. The highest BCUT2D eigenvalue weighted by Gasteiger charge is 1.90. The first-order valence-corrected chi connectivity index (χ1v) is 4.71. The Kier molecular flexibility index (Phi) is 7.24. The van der Waals surface area contributed by atoms with E-state index in [2.05, 4.69) is 6.58 Å². The lowest BCUT2D eigenvalue weighted by Gasteiger charge is -1.89. The SMILES string of the molecule is C=C(C)C(=O)O.COC=Cc1ccccc1. The molecule has 0 spiro atoms. The molecule has 1 aromatic rings. The number of carboxylic acid groups (broad SMARTS) is 1. The number of hydrogen-bond donors (Lipinski definition) is 1. The topological polar surface area (TPSA) is 46.5 Å². The highest BCUT2D eigenvalue weighted by molar-refractivity contribution is 5.84. The van der Waals surface area contributed by atoms with Crippen molar-refractivity contribution in [2.75, 3.05) is 7.11 Å². The fourth-order valence-corrected chi connectivity index (χ4v) is 0.711. The van der Waals surface area contributed by atoms with Crippen LogP contribution in [0.2, 0.25) is 0 Å². The van der Waals surface area contributed by atoms with Crippen molar-refractivity contribution in [3.63, 3.8) is 0 Å². The summed E-state index contributed by atoms with van der Waals surface area (Å²) < 4.78 is 4.77. The molecule has 0 radical (unpaired) electrons. The van der Waals surface area contributed by atoms with Crippen LogP contribution in [0.5, 0.6) is 0 Å². The zero-order valence-corrected chi connectivity index (χ0v) is 9.51. The van der Waals surface area contributed by atoms with Gasteiger partial charge < -0.3 is 9.84 Å². The molecule has 0 bridgehead atoms. The van der Waals surface area contributed by atoms with Gasteiger partial charge in [0, 0.05) is 5.57 Å². The van der Waals surface area contributed by atoms with Crippen LogP contribution in [-0.2, 0) is 9.53 Å². The Morgan fingerprint density at radius 1 is 1.38 bits per heavy atom. The van der Waals surface area contributed by atoms with Gasteiger partial charge in [-0.05, 0) is 18.6 Å². The van der Waals surface area contributed by atoms with Crippen LogP contribution in [0.25, 0.3) is 6.08 Å². The second kappa shape index (κ2) is 8.29. The number of benzene rings is 1. The molecule has 0 aliphatic heterocycles. The number of rotatable bonds is 3. The molecule has 0 aliphatic carbocycles. The molecule has 0 unspecified atom stereocenters. The average molecular weight is 220 g/mol. The predicted octanol–water partition coefficient (Wildman–Crippen LogP) is 2.95. The van der Waals surface area contributed by atoms with Crippen LogP contribution in [0.15, 0.2) is 48.7 Å². The average Bonchev–Trinajstić information content (AvgIpc) is 2.28. The third-order valence-corrected chi connectivity index (χ3v) is 1.56. The molecule has 0 atom stereocenters. The summed E-state index contributed by atoms with van der Waals surface area (Å²) in [6.07, 6.45) is 3.58. The summed E-state index contributed by atoms with van der Waals surface area (Å²) >= 11 is 0. The molecule has 0 fully saturated rings. The number of aliphatic carboxylic acids is 1. The Balaban J connectivity index is 0.000000325. The van der Waals surface area contributed by atoms with Crippen molar-refractivity contribution in [1.82, 2.24) is 0 Å². The van der Waals surface area contributed by atoms with E-state index in [0.29, 0.717) is 0 Å². The van der Waals surface area contributed by atoms with Gasteiger partial charge in [-0.25, -0.2) is 4.79 Å². The first kappa shape index (κ1) is 14.0. The van der Waals surface area contributed by atoms with Gasteiger partial charge in [-0.2, -0.15) is 0 Å². The summed E-state index contributed by atoms with van der Waals surface area (Å²) in [7, 11) is 1.64. The first-order chi connectivity index (χ1) is 7.57. The van der Waals surface area contributed by atoms with Gasteiger partial charge in [-0.1, -0.05) is 36.9 Å². The molecule has 16 heavy (non-hydrogen) atoms. The van der Waals surface area contributed by atoms with Gasteiger partial charge in [-0.3, -0.25) is 0 Å². The van der Waals surface area contributed by atoms with Crippen LogP contribution in [0.3, 0.4) is 0 Å². The van der Waals surface area contributed by atoms with Crippen LogP contribution in [0.1, 0.15) is 12.5 Å². The maximum atomic E-state index is 9.60. The molecule has 1 rings (SSSR count). The molecular formula is C13H16O3. The van der Waals surface area contributed by atoms with Gasteiger partial charge in [0.05, 0.1) is 13.4 Å². The highest BCUT2D eigenvalue weighted by Crippen LogP contribution is 1.99. The zero-order valence-electron chi connectivity index (χ0n) is 9.51. The number of methoxy groups -OCH3 is 1. The second-order valence-corrected chi connectivity index (χ2v) is 3.03. The molecule has 86 valence electrons. The van der Waals surface area contributed by atoms with Gasteiger partial charge in [0.1, 0.15) is 0 Å². The summed E-state index contributed by atoms with van der Waals surface area (Å²) in [4.78, 5) is 9.60. The lowest BCUT2D eigenvalue weighted by molar-refractivity contribution is -0.132. The largest absolute Gasteiger partial charge is 0.504 e. The molecule has 3 heteroatoms. The van der Waals surface area contributed by atoms with Crippen LogP contribution in [0.4, 0.5) is 0 Å². The van der Waals surface area contributed by atoms with Gasteiger partial charge in [0.2, 0.25) is 0 Å². The number of carbonyl (C=O) groups is 1. The molecule has 1 N–H and O–H groups in total. The van der Waals surface area contributed by atoms with Crippen LogP contribution >= 0.6 is 0 Å². The van der Waals surface area contributed by atoms with E-state index in [1.807, 2.05) is 36.4 Å². The molecule has 0 saturated heterocycles. The van der Waals surface area contributed by atoms with Gasteiger partial charge in [0.15, 0.2) is 0 Å². The standard InChI is InChI=1S/C9H10O.C4H6O2/c1-10-8-7-9-5-3-2-4-6-9;1-3(2)4(5)6/h2-8H,1H3;1H2,2H3,(H,5,6). The third-order valence-electron chi connectivity index (χ3n) is 1.56. The second-order valence-electron chi connectivity index (χ2n) is 3.03. The van der Waals surface area contributed by atoms with Gasteiger partial charge >= 0.3 is 5.97 Å². The quantitative estimate of drug-likeness (QED) is 0.629. The normalized spacial score (nSPS) is 9.12. The lowest BCUT2D eigenvalue weighted by atomic mass is 10.2. The summed E-state index contributed by atoms with van der Waals surface area (Å²) in [6.45, 7) is 4.60. The minimum Gasteiger partial charge on any atom is -0.504 e. The van der Waals surface area contributed by atoms with Crippen molar-refractivity contribution in [3.8, 4) is 0 Å². The van der Waals surface area contributed by atoms with E-state index in [1.165, 1.54) is 6.92 Å². The highest BCUT2D eigenvalue weighted by atomic mass is 16.5. The van der Waals surface area contributed by atoms with Crippen molar-refractivity contribution in [1.29, 1.82) is 0 Å². The van der Waals surface area contributed by atoms with E-state index < -0.39 is 5.97 Å². The molecule has 3 nitrogen and oxygen atoms in total. The van der Waals surface area contributed by atoms with E-state index in [-0.39, 0.29) is 5.57 Å². The monoisotopic (exact) mass is 220 g/mol. The third kappa shape index (κ3) is 7.38. The summed E-state index contributed by atoms with van der Waals surface area (Å²) in [5.74, 6) is -0.935. The number of carboxylic acids is 1. The van der Waals surface area contributed by atoms with Crippen LogP contribution in [-0.4, -0.2) is 18.2 Å². The number of ether oxygens (including phenoxy) is 1. The Morgan fingerprint density at radius 3 is 2.25 bits per heavy atom. The van der Waals surface area contributed by atoms with E-state index in [1.54, 1.807) is 13.4 Å². The number of hydrogen-bond acceptors (Lipinski definition) is 2. The zero-order chi connectivity index (χ0) is 12.4. The lowest BCUT2D eigenvalue weighted by Crippen LogP contribution is -1.92. The van der Waals surface area contributed by atoms with Crippen molar-refractivity contribution in [2.24, 2.45) is 0 Å². The van der Waals surface area contributed by atoms with Crippen molar-refractivity contribution < 1.29 is 14.6 Å². The Morgan fingerprint density at radius 2 is 1.88 bits per heavy atom. The smallest absolute Gasteiger partial charge is 0.330 e. The van der Waals surface area contributed by atoms with E-state index in [4.69, 9.17) is 9.84 Å². The van der Waals surface area contributed by atoms with Gasteiger partial charge in [-0.15, -0.1) is 0 Å². The van der Waals surface area contributed by atoms with E-state index in [9.17, 15) is 4.79 Å². The maximum Gasteiger partial charge on any atom is 0.330 e. The van der Waals surface area contributed by atoms with E-state index in [0.717, 1.165) is 5.56 Å². The molecular weight excluding hydrogens is 204 g/mol. The Bertz CT molecular complexity index is 341. The summed E-state index contributed by atoms with van der Waals surface area (Å²) in [5, 5.41) is 7.89. The predicted molar refractivity (Wildman–Crippen MR) is 64.9 cm³/mol. The molecule has 0 amide bonds. The Hall–Kier alpha value is -2.03. The fraction of sp³-hybridized carbons (Fsp3) is 0.154. The summed E-state index contributed by atoms with van der Waals surface area (Å²) in [6, 6.07) is 10.0. The minimum atomic E-state index is -0.935. The van der Waals surface area contributed by atoms with E-state index >= 15 is 0 Å². The molecule has 1 aromatic carbocycles. The molecule has 0 saturated carbocycles. The summed E-state index contributed by atoms with van der Waals surface area (Å²) in [5.41, 5.74) is 1.33. The molecule has 0 aromatic heterocycles. The van der Waals surface area contributed by atoms with Crippen molar-refractivity contribution >= 4 is 12.0 Å². The van der Waals surface area contributed by atoms with Crippen LogP contribution in [0, 0.1) is 0 Å². The van der Waals surface area contributed by atoms with Gasteiger partial charge in [0.25, 0.3) is 0 Å². The minimum absolute atomic E-state index is 0.176.